The minimum Gasteiger partial charge on any atom is -0.346 e. The van der Waals surface area contributed by atoms with Gasteiger partial charge >= 0.3 is 0 Å². The van der Waals surface area contributed by atoms with Gasteiger partial charge in [-0.2, -0.15) is 0 Å². The predicted octanol–water partition coefficient (Wildman–Crippen LogP) is 4.83. The van der Waals surface area contributed by atoms with Crippen LogP contribution < -0.4 is 5.32 Å². The first kappa shape index (κ1) is 16.0. The minimum absolute atomic E-state index is 0.0309. The molecule has 0 atom stereocenters. The number of rotatable bonds is 3. The van der Waals surface area contributed by atoms with Crippen LogP contribution in [0, 0.1) is 12.8 Å². The highest BCUT2D eigenvalue weighted by atomic mass is 79.9. The zero-order chi connectivity index (χ0) is 14.8. The Morgan fingerprint density at radius 3 is 2.55 bits per heavy atom. The van der Waals surface area contributed by atoms with E-state index in [1.807, 2.05) is 25.1 Å². The molecule has 0 unspecified atom stereocenters. The summed E-state index contributed by atoms with van der Waals surface area (Å²) in [5.41, 5.74) is 1.74. The lowest BCUT2D eigenvalue weighted by Gasteiger charge is -2.39. The number of aryl methyl sites for hydroxylation is 1. The van der Waals surface area contributed by atoms with Crippen LogP contribution in [0.15, 0.2) is 22.7 Å². The van der Waals surface area contributed by atoms with Gasteiger partial charge in [-0.05, 0) is 62.3 Å². The average molecular weight is 403 g/mol. The Hall–Kier alpha value is -0.350. The maximum atomic E-state index is 12.5. The smallest absolute Gasteiger partial charge is 0.251 e. The van der Waals surface area contributed by atoms with Crippen LogP contribution >= 0.6 is 31.9 Å². The quantitative estimate of drug-likeness (QED) is 0.720. The largest absolute Gasteiger partial charge is 0.346 e. The molecule has 1 aromatic rings. The molecular weight excluding hydrogens is 382 g/mol. The summed E-state index contributed by atoms with van der Waals surface area (Å²) in [6, 6.07) is 5.84. The lowest BCUT2D eigenvalue weighted by Crippen LogP contribution is -2.52. The highest BCUT2D eigenvalue weighted by Crippen LogP contribution is 2.33. The molecule has 1 fully saturated rings. The van der Waals surface area contributed by atoms with E-state index < -0.39 is 0 Å². The van der Waals surface area contributed by atoms with Crippen LogP contribution in [0.2, 0.25) is 0 Å². The van der Waals surface area contributed by atoms with Crippen LogP contribution in [-0.4, -0.2) is 16.8 Å². The van der Waals surface area contributed by atoms with E-state index >= 15 is 0 Å². The van der Waals surface area contributed by atoms with Crippen molar-refractivity contribution in [3.8, 4) is 0 Å². The normalized spacial score (nSPS) is 26.3. The fraction of sp³-hybridized carbons (Fsp3) is 0.562. The van der Waals surface area contributed by atoms with Crippen LogP contribution in [0.5, 0.6) is 0 Å². The maximum absolute atomic E-state index is 12.5. The molecule has 4 heteroatoms. The van der Waals surface area contributed by atoms with E-state index in [-0.39, 0.29) is 11.4 Å². The van der Waals surface area contributed by atoms with Gasteiger partial charge in [0.1, 0.15) is 0 Å². The number of alkyl halides is 1. The van der Waals surface area contributed by atoms with E-state index in [1.54, 1.807) is 0 Å². The molecule has 20 heavy (non-hydrogen) atoms. The van der Waals surface area contributed by atoms with Crippen molar-refractivity contribution in [2.75, 3.05) is 5.33 Å². The van der Waals surface area contributed by atoms with Gasteiger partial charge < -0.3 is 5.32 Å². The molecule has 0 aromatic heterocycles. The number of carbonyl (C=O) groups is 1. The summed E-state index contributed by atoms with van der Waals surface area (Å²) in [5, 5.41) is 4.09. The fourth-order valence-corrected chi connectivity index (χ4v) is 4.10. The average Bonchev–Trinajstić information content (AvgIpc) is 2.40. The van der Waals surface area contributed by atoms with Crippen molar-refractivity contribution >= 4 is 37.8 Å². The Balaban J connectivity index is 2.13. The van der Waals surface area contributed by atoms with Crippen LogP contribution in [0.3, 0.4) is 0 Å². The van der Waals surface area contributed by atoms with Gasteiger partial charge in [-0.15, -0.1) is 0 Å². The molecule has 0 bridgehead atoms. The summed E-state index contributed by atoms with van der Waals surface area (Å²) >= 11 is 7.05. The number of hydrogen-bond donors (Lipinski definition) is 1. The van der Waals surface area contributed by atoms with E-state index in [0.29, 0.717) is 0 Å². The zero-order valence-corrected chi connectivity index (χ0v) is 15.2. The minimum atomic E-state index is -0.0835. The number of nitrogens with one attached hydrogen (secondary N) is 1. The molecule has 0 heterocycles. The van der Waals surface area contributed by atoms with Gasteiger partial charge in [0.2, 0.25) is 0 Å². The highest BCUT2D eigenvalue weighted by Gasteiger charge is 2.34. The van der Waals surface area contributed by atoms with Crippen molar-refractivity contribution in [3.63, 3.8) is 0 Å². The maximum Gasteiger partial charge on any atom is 0.251 e. The molecule has 1 aliphatic carbocycles. The number of benzene rings is 1. The molecule has 1 amide bonds. The fourth-order valence-electron chi connectivity index (χ4n) is 2.79. The molecule has 2 nitrogen and oxygen atoms in total. The number of hydrogen-bond acceptors (Lipinski definition) is 1. The van der Waals surface area contributed by atoms with Gasteiger partial charge in [-0.1, -0.05) is 38.8 Å². The van der Waals surface area contributed by atoms with Crippen molar-refractivity contribution in [1.29, 1.82) is 0 Å². The predicted molar refractivity (Wildman–Crippen MR) is 90.5 cm³/mol. The Morgan fingerprint density at radius 2 is 2.00 bits per heavy atom. The van der Waals surface area contributed by atoms with Crippen LogP contribution in [0.25, 0.3) is 0 Å². The second-order valence-electron chi connectivity index (χ2n) is 6.07. The SMILES string of the molecule is Cc1cc(Br)cc(C(=O)NC2(CBr)CCC(C)CC2)c1. The van der Waals surface area contributed by atoms with E-state index in [1.165, 1.54) is 12.8 Å². The highest BCUT2D eigenvalue weighted by molar-refractivity contribution is 9.10. The van der Waals surface area contributed by atoms with Gasteiger partial charge in [0.05, 0.1) is 5.54 Å². The molecule has 0 spiro atoms. The van der Waals surface area contributed by atoms with E-state index in [9.17, 15) is 4.79 Å². The molecule has 0 radical (unpaired) electrons. The standard InChI is InChI=1S/C16H21Br2NO/c1-11-3-5-16(10-17,6-4-11)19-15(20)13-7-12(2)8-14(18)9-13/h7-9,11H,3-6,10H2,1-2H3,(H,19,20). The molecule has 110 valence electrons. The van der Waals surface area contributed by atoms with E-state index in [4.69, 9.17) is 0 Å². The van der Waals surface area contributed by atoms with Gasteiger partial charge in [-0.3, -0.25) is 4.79 Å². The van der Waals surface area contributed by atoms with Gasteiger partial charge in [0.15, 0.2) is 0 Å². The third-order valence-electron chi connectivity index (χ3n) is 4.17. The van der Waals surface area contributed by atoms with Crippen LogP contribution in [-0.2, 0) is 0 Å². The summed E-state index contributed by atoms with van der Waals surface area (Å²) in [4.78, 5) is 12.5. The molecule has 0 saturated heterocycles. The van der Waals surface area contributed by atoms with E-state index in [0.717, 1.165) is 39.7 Å². The number of amides is 1. The Kier molecular flexibility index (Phi) is 5.30. The Morgan fingerprint density at radius 1 is 1.35 bits per heavy atom. The third-order valence-corrected chi connectivity index (χ3v) is 5.70. The Bertz CT molecular complexity index is 473. The van der Waals surface area contributed by atoms with Crippen LogP contribution in [0.1, 0.15) is 48.5 Å². The van der Waals surface area contributed by atoms with Gasteiger partial charge in [0.25, 0.3) is 5.91 Å². The third kappa shape index (κ3) is 3.85. The number of halogens is 2. The van der Waals surface area contributed by atoms with Crippen molar-refractivity contribution in [2.45, 2.75) is 45.1 Å². The first-order valence-electron chi connectivity index (χ1n) is 7.10. The molecule has 1 aromatic carbocycles. The molecule has 1 saturated carbocycles. The summed E-state index contributed by atoms with van der Waals surface area (Å²) in [5.74, 6) is 0.801. The monoisotopic (exact) mass is 401 g/mol. The lowest BCUT2D eigenvalue weighted by molar-refractivity contribution is 0.0874. The number of carbonyl (C=O) groups excluding carboxylic acids is 1. The van der Waals surface area contributed by atoms with Gasteiger partial charge in [0, 0.05) is 15.4 Å². The zero-order valence-electron chi connectivity index (χ0n) is 12.0. The topological polar surface area (TPSA) is 29.1 Å². The van der Waals surface area contributed by atoms with Crippen molar-refractivity contribution in [3.05, 3.63) is 33.8 Å². The molecule has 0 aliphatic heterocycles. The second-order valence-corrected chi connectivity index (χ2v) is 7.54. The van der Waals surface area contributed by atoms with E-state index in [2.05, 4.69) is 44.1 Å². The molecule has 1 aliphatic rings. The molecule has 1 N–H and O–H groups in total. The summed E-state index contributed by atoms with van der Waals surface area (Å²) in [6.07, 6.45) is 4.48. The lowest BCUT2D eigenvalue weighted by atomic mass is 9.78. The summed E-state index contributed by atoms with van der Waals surface area (Å²) < 4.78 is 0.952. The van der Waals surface area contributed by atoms with Crippen molar-refractivity contribution < 1.29 is 4.79 Å². The van der Waals surface area contributed by atoms with Crippen molar-refractivity contribution in [1.82, 2.24) is 5.32 Å². The molecule has 2 rings (SSSR count). The first-order valence-corrected chi connectivity index (χ1v) is 9.01. The van der Waals surface area contributed by atoms with Crippen molar-refractivity contribution in [2.24, 2.45) is 5.92 Å². The van der Waals surface area contributed by atoms with Crippen LogP contribution in [0.4, 0.5) is 0 Å². The summed E-state index contributed by atoms with van der Waals surface area (Å²) in [7, 11) is 0. The molecular formula is C16H21Br2NO. The first-order chi connectivity index (χ1) is 9.44. The Labute approximate surface area is 138 Å². The summed E-state index contributed by atoms with van der Waals surface area (Å²) in [6.45, 7) is 4.29. The van der Waals surface area contributed by atoms with Gasteiger partial charge in [-0.25, -0.2) is 0 Å². The second kappa shape index (κ2) is 6.61.